The van der Waals surface area contributed by atoms with Crippen molar-refractivity contribution in [2.24, 2.45) is 5.73 Å². The molecular weight excluding hydrogens is 210 g/mol. The van der Waals surface area contributed by atoms with Crippen LogP contribution in [0.5, 0.6) is 0 Å². The van der Waals surface area contributed by atoms with Crippen LogP contribution in [0.1, 0.15) is 51.4 Å². The number of rotatable bonds is 4. The minimum absolute atomic E-state index is 0.430. The molecule has 0 unspecified atom stereocenters. The highest BCUT2D eigenvalue weighted by Gasteiger charge is 2.36. The molecule has 0 spiro atoms. The molecule has 2 aliphatic carbocycles. The summed E-state index contributed by atoms with van der Waals surface area (Å²) in [4.78, 5) is 2.45. The van der Waals surface area contributed by atoms with Crippen molar-refractivity contribution in [3.63, 3.8) is 0 Å². The van der Waals surface area contributed by atoms with E-state index in [9.17, 15) is 0 Å². The van der Waals surface area contributed by atoms with Crippen LogP contribution in [-0.4, -0.2) is 43.2 Å². The van der Waals surface area contributed by atoms with Crippen LogP contribution in [0.3, 0.4) is 0 Å². The SMILES string of the molecule is CN(C)C1(CNC2CCC(N)CC2)CCCC1. The Morgan fingerprint density at radius 1 is 1.12 bits per heavy atom. The number of hydrogen-bond donors (Lipinski definition) is 2. The fourth-order valence-corrected chi connectivity index (χ4v) is 3.47. The van der Waals surface area contributed by atoms with Crippen LogP contribution in [-0.2, 0) is 0 Å². The van der Waals surface area contributed by atoms with Crippen molar-refractivity contribution in [1.82, 2.24) is 10.2 Å². The lowest BCUT2D eigenvalue weighted by molar-refractivity contribution is 0.144. The van der Waals surface area contributed by atoms with Crippen LogP contribution in [0.4, 0.5) is 0 Å². The van der Waals surface area contributed by atoms with Gasteiger partial charge in [0.05, 0.1) is 0 Å². The van der Waals surface area contributed by atoms with Gasteiger partial charge in [-0.3, -0.25) is 0 Å². The average molecular weight is 239 g/mol. The summed E-state index contributed by atoms with van der Waals surface area (Å²) >= 11 is 0. The maximum atomic E-state index is 5.95. The molecule has 0 aliphatic heterocycles. The molecule has 2 fully saturated rings. The molecule has 17 heavy (non-hydrogen) atoms. The van der Waals surface area contributed by atoms with E-state index < -0.39 is 0 Å². The third kappa shape index (κ3) is 3.21. The van der Waals surface area contributed by atoms with Crippen molar-refractivity contribution in [3.8, 4) is 0 Å². The molecule has 3 heteroatoms. The summed E-state index contributed by atoms with van der Waals surface area (Å²) in [5.41, 5.74) is 6.38. The van der Waals surface area contributed by atoms with Gasteiger partial charge in [-0.2, -0.15) is 0 Å². The van der Waals surface area contributed by atoms with E-state index in [1.165, 1.54) is 57.9 Å². The Bertz CT molecular complexity index is 226. The van der Waals surface area contributed by atoms with Gasteiger partial charge in [-0.05, 0) is 52.6 Å². The Morgan fingerprint density at radius 2 is 1.71 bits per heavy atom. The molecule has 0 aromatic heterocycles. The zero-order valence-electron chi connectivity index (χ0n) is 11.5. The fourth-order valence-electron chi connectivity index (χ4n) is 3.47. The fraction of sp³-hybridized carbons (Fsp3) is 1.00. The van der Waals surface area contributed by atoms with Crippen molar-refractivity contribution in [1.29, 1.82) is 0 Å². The first kappa shape index (κ1) is 13.3. The van der Waals surface area contributed by atoms with Gasteiger partial charge in [0, 0.05) is 24.2 Å². The van der Waals surface area contributed by atoms with Gasteiger partial charge in [-0.1, -0.05) is 12.8 Å². The van der Waals surface area contributed by atoms with Crippen molar-refractivity contribution >= 4 is 0 Å². The van der Waals surface area contributed by atoms with Gasteiger partial charge in [0.1, 0.15) is 0 Å². The molecule has 0 heterocycles. The Morgan fingerprint density at radius 3 is 2.24 bits per heavy atom. The Hall–Kier alpha value is -0.120. The van der Waals surface area contributed by atoms with Gasteiger partial charge in [0.25, 0.3) is 0 Å². The van der Waals surface area contributed by atoms with Gasteiger partial charge in [-0.25, -0.2) is 0 Å². The maximum Gasteiger partial charge on any atom is 0.0327 e. The van der Waals surface area contributed by atoms with Crippen molar-refractivity contribution in [2.45, 2.75) is 69.0 Å². The van der Waals surface area contributed by atoms with Crippen molar-refractivity contribution < 1.29 is 0 Å². The molecule has 3 N–H and O–H groups in total. The predicted octanol–water partition coefficient (Wildman–Crippen LogP) is 1.72. The van der Waals surface area contributed by atoms with Gasteiger partial charge in [0.2, 0.25) is 0 Å². The Labute approximate surface area is 106 Å². The smallest absolute Gasteiger partial charge is 0.0327 e. The summed E-state index contributed by atoms with van der Waals surface area (Å²) in [5, 5.41) is 3.81. The first-order chi connectivity index (χ1) is 8.12. The van der Waals surface area contributed by atoms with Crippen LogP contribution in [0, 0.1) is 0 Å². The van der Waals surface area contributed by atoms with E-state index in [1.807, 2.05) is 0 Å². The molecule has 100 valence electrons. The lowest BCUT2D eigenvalue weighted by Crippen LogP contribution is -2.52. The van der Waals surface area contributed by atoms with E-state index in [-0.39, 0.29) is 0 Å². The van der Waals surface area contributed by atoms with Gasteiger partial charge < -0.3 is 16.0 Å². The highest BCUT2D eigenvalue weighted by atomic mass is 15.2. The minimum atomic E-state index is 0.430. The standard InChI is InChI=1S/C14H29N3/c1-17(2)14(9-3-4-10-14)11-16-13-7-5-12(15)6-8-13/h12-13,16H,3-11,15H2,1-2H3. The van der Waals surface area contributed by atoms with Gasteiger partial charge in [0.15, 0.2) is 0 Å². The summed E-state index contributed by atoms with van der Waals surface area (Å²) in [7, 11) is 4.48. The van der Waals surface area contributed by atoms with Gasteiger partial charge >= 0.3 is 0 Å². The summed E-state index contributed by atoms with van der Waals surface area (Å²) in [6, 6.07) is 1.18. The zero-order valence-corrected chi connectivity index (χ0v) is 11.5. The molecule has 3 nitrogen and oxygen atoms in total. The second kappa shape index (κ2) is 5.68. The van der Waals surface area contributed by atoms with E-state index in [2.05, 4.69) is 24.3 Å². The molecule has 0 bridgehead atoms. The summed E-state index contributed by atoms with van der Waals surface area (Å²) in [6.45, 7) is 1.17. The van der Waals surface area contributed by atoms with E-state index in [0.29, 0.717) is 17.6 Å². The molecule has 0 atom stereocenters. The zero-order chi connectivity index (χ0) is 12.3. The van der Waals surface area contributed by atoms with Crippen LogP contribution in [0.2, 0.25) is 0 Å². The average Bonchev–Trinajstić information content (AvgIpc) is 2.78. The summed E-state index contributed by atoms with van der Waals surface area (Å²) in [6.07, 6.45) is 10.5. The van der Waals surface area contributed by atoms with Crippen molar-refractivity contribution in [3.05, 3.63) is 0 Å². The number of likely N-dealkylation sites (N-methyl/N-ethyl adjacent to an activating group) is 1. The first-order valence-electron chi connectivity index (χ1n) is 7.29. The molecule has 2 rings (SSSR count). The topological polar surface area (TPSA) is 41.3 Å². The third-order valence-corrected chi connectivity index (χ3v) is 4.97. The number of nitrogens with one attached hydrogen (secondary N) is 1. The number of nitrogens with zero attached hydrogens (tertiary/aromatic N) is 1. The number of hydrogen-bond acceptors (Lipinski definition) is 3. The minimum Gasteiger partial charge on any atom is -0.328 e. The molecule has 2 saturated carbocycles. The normalized spacial score (nSPS) is 33.2. The van der Waals surface area contributed by atoms with Crippen LogP contribution >= 0.6 is 0 Å². The molecule has 0 saturated heterocycles. The van der Waals surface area contributed by atoms with Gasteiger partial charge in [-0.15, -0.1) is 0 Å². The third-order valence-electron chi connectivity index (χ3n) is 4.97. The summed E-state index contributed by atoms with van der Waals surface area (Å²) in [5.74, 6) is 0. The molecule has 0 amide bonds. The van der Waals surface area contributed by atoms with E-state index in [4.69, 9.17) is 5.73 Å². The first-order valence-corrected chi connectivity index (χ1v) is 7.29. The Balaban J connectivity index is 1.80. The summed E-state index contributed by atoms with van der Waals surface area (Å²) < 4.78 is 0. The lowest BCUT2D eigenvalue weighted by Gasteiger charge is -2.39. The molecule has 0 aromatic carbocycles. The van der Waals surface area contributed by atoms with Crippen molar-refractivity contribution in [2.75, 3.05) is 20.6 Å². The predicted molar refractivity (Wildman–Crippen MR) is 73.1 cm³/mol. The molecular formula is C14H29N3. The largest absolute Gasteiger partial charge is 0.328 e. The highest BCUT2D eigenvalue weighted by Crippen LogP contribution is 2.33. The quantitative estimate of drug-likeness (QED) is 0.785. The van der Waals surface area contributed by atoms with Crippen LogP contribution in [0.15, 0.2) is 0 Å². The maximum absolute atomic E-state index is 5.95. The van der Waals surface area contributed by atoms with E-state index >= 15 is 0 Å². The lowest BCUT2D eigenvalue weighted by atomic mass is 9.90. The monoisotopic (exact) mass is 239 g/mol. The van der Waals surface area contributed by atoms with E-state index in [0.717, 1.165) is 0 Å². The van der Waals surface area contributed by atoms with Crippen LogP contribution < -0.4 is 11.1 Å². The molecule has 2 aliphatic rings. The second-order valence-electron chi connectivity index (χ2n) is 6.32. The highest BCUT2D eigenvalue weighted by molar-refractivity contribution is 4.95. The van der Waals surface area contributed by atoms with Crippen LogP contribution in [0.25, 0.3) is 0 Å². The molecule has 0 aromatic rings. The Kier molecular flexibility index (Phi) is 4.45. The second-order valence-corrected chi connectivity index (χ2v) is 6.32. The number of nitrogens with two attached hydrogens (primary N) is 1. The molecule has 0 radical (unpaired) electrons. The van der Waals surface area contributed by atoms with E-state index in [1.54, 1.807) is 0 Å².